The average Bonchev–Trinajstić information content (AvgIpc) is 2.67. The van der Waals surface area contributed by atoms with Crippen LogP contribution < -0.4 is 5.73 Å². The predicted molar refractivity (Wildman–Crippen MR) is 65.3 cm³/mol. The van der Waals surface area contributed by atoms with Crippen LogP contribution in [0.4, 0.5) is 4.39 Å². The number of hydrogen-bond donors (Lipinski definition) is 1. The molecule has 2 unspecified atom stereocenters. The Bertz CT molecular complexity index is 586. The maximum absolute atomic E-state index is 13.8. The van der Waals surface area contributed by atoms with E-state index in [0.29, 0.717) is 6.04 Å². The second-order valence-electron chi connectivity index (χ2n) is 4.91. The molecule has 2 aromatic rings. The van der Waals surface area contributed by atoms with Crippen LogP contribution >= 0.6 is 0 Å². The lowest BCUT2D eigenvalue weighted by Gasteiger charge is -2.24. The smallest absolute Gasteiger partial charge is 0.128 e. The second-order valence-corrected chi connectivity index (χ2v) is 4.91. The monoisotopic (exact) mass is 233 g/mol. The molecule has 0 aliphatic carbocycles. The van der Waals surface area contributed by atoms with Crippen molar-refractivity contribution in [2.75, 3.05) is 0 Å². The topological polar surface area (TPSA) is 43.8 Å². The minimum atomic E-state index is -0.126. The van der Waals surface area contributed by atoms with Crippen molar-refractivity contribution in [1.29, 1.82) is 0 Å². The average molecular weight is 233 g/mol. The van der Waals surface area contributed by atoms with E-state index in [1.807, 2.05) is 6.92 Å². The fourth-order valence-corrected chi connectivity index (χ4v) is 2.74. The van der Waals surface area contributed by atoms with E-state index < -0.39 is 0 Å². The molecule has 2 atom stereocenters. The standard InChI is InChI=1S/C13H16FN3/c1-7-3-4-9-10(14)5-6-11-12(9)17(7)13(16-11)8(2)15/h5-8H,3-4,15H2,1-2H3. The highest BCUT2D eigenvalue weighted by molar-refractivity contribution is 5.81. The molecule has 0 saturated carbocycles. The maximum Gasteiger partial charge on any atom is 0.128 e. The first-order valence-electron chi connectivity index (χ1n) is 6.04. The van der Waals surface area contributed by atoms with E-state index in [1.54, 1.807) is 6.07 Å². The van der Waals surface area contributed by atoms with Gasteiger partial charge in [0, 0.05) is 11.6 Å². The molecule has 1 aliphatic heterocycles. The highest BCUT2D eigenvalue weighted by Crippen LogP contribution is 2.35. The van der Waals surface area contributed by atoms with E-state index in [4.69, 9.17) is 5.73 Å². The molecule has 1 aromatic carbocycles. The molecule has 0 amide bonds. The number of rotatable bonds is 1. The van der Waals surface area contributed by atoms with E-state index in [2.05, 4.69) is 16.5 Å². The third-order valence-electron chi connectivity index (χ3n) is 3.59. The molecule has 90 valence electrons. The van der Waals surface area contributed by atoms with Crippen LogP contribution in [-0.4, -0.2) is 9.55 Å². The lowest BCUT2D eigenvalue weighted by atomic mass is 9.99. The Morgan fingerprint density at radius 1 is 1.53 bits per heavy atom. The largest absolute Gasteiger partial charge is 0.324 e. The molecule has 3 rings (SSSR count). The van der Waals surface area contributed by atoms with E-state index in [-0.39, 0.29) is 11.9 Å². The van der Waals surface area contributed by atoms with Gasteiger partial charge in [0.15, 0.2) is 0 Å². The molecule has 4 heteroatoms. The Labute approximate surface area is 99.4 Å². The summed E-state index contributed by atoms with van der Waals surface area (Å²) in [5.41, 5.74) is 8.55. The van der Waals surface area contributed by atoms with Crippen molar-refractivity contribution in [1.82, 2.24) is 9.55 Å². The number of hydrogen-bond acceptors (Lipinski definition) is 2. The molecular weight excluding hydrogens is 217 g/mol. The summed E-state index contributed by atoms with van der Waals surface area (Å²) in [5, 5.41) is 0. The summed E-state index contributed by atoms with van der Waals surface area (Å²) >= 11 is 0. The molecule has 2 heterocycles. The molecule has 1 aliphatic rings. The zero-order chi connectivity index (χ0) is 12.2. The Balaban J connectivity index is 2.42. The number of halogens is 1. The van der Waals surface area contributed by atoms with Crippen LogP contribution in [0.3, 0.4) is 0 Å². The van der Waals surface area contributed by atoms with Crippen molar-refractivity contribution >= 4 is 11.0 Å². The molecule has 17 heavy (non-hydrogen) atoms. The van der Waals surface area contributed by atoms with Crippen molar-refractivity contribution in [2.24, 2.45) is 5.73 Å². The lowest BCUT2D eigenvalue weighted by Crippen LogP contribution is -2.20. The van der Waals surface area contributed by atoms with Crippen molar-refractivity contribution in [3.8, 4) is 0 Å². The minimum Gasteiger partial charge on any atom is -0.324 e. The Kier molecular flexibility index (Phi) is 2.23. The van der Waals surface area contributed by atoms with Gasteiger partial charge in [0.05, 0.1) is 17.1 Å². The van der Waals surface area contributed by atoms with Gasteiger partial charge in [-0.15, -0.1) is 0 Å². The first-order chi connectivity index (χ1) is 8.09. The van der Waals surface area contributed by atoms with Gasteiger partial charge in [-0.25, -0.2) is 9.37 Å². The fourth-order valence-electron chi connectivity index (χ4n) is 2.74. The van der Waals surface area contributed by atoms with Gasteiger partial charge in [0.2, 0.25) is 0 Å². The number of aryl methyl sites for hydroxylation is 1. The third kappa shape index (κ3) is 1.40. The van der Waals surface area contributed by atoms with Crippen molar-refractivity contribution < 1.29 is 4.39 Å². The summed E-state index contributed by atoms with van der Waals surface area (Å²) in [7, 11) is 0. The highest BCUT2D eigenvalue weighted by Gasteiger charge is 2.25. The van der Waals surface area contributed by atoms with Crippen molar-refractivity contribution in [3.05, 3.63) is 29.3 Å². The van der Waals surface area contributed by atoms with Gasteiger partial charge in [-0.3, -0.25) is 0 Å². The maximum atomic E-state index is 13.8. The fraction of sp³-hybridized carbons (Fsp3) is 0.462. The molecule has 0 spiro atoms. The first-order valence-corrected chi connectivity index (χ1v) is 6.04. The summed E-state index contributed by atoms with van der Waals surface area (Å²) < 4.78 is 15.9. The number of benzene rings is 1. The van der Waals surface area contributed by atoms with Gasteiger partial charge in [-0.1, -0.05) is 0 Å². The van der Waals surface area contributed by atoms with E-state index in [0.717, 1.165) is 35.3 Å². The number of aromatic nitrogens is 2. The summed E-state index contributed by atoms with van der Waals surface area (Å²) in [6.45, 7) is 4.06. The summed E-state index contributed by atoms with van der Waals surface area (Å²) in [5.74, 6) is 0.737. The SMILES string of the molecule is CC(N)c1nc2ccc(F)c3c2n1C(C)CC3. The molecular formula is C13H16FN3. The zero-order valence-corrected chi connectivity index (χ0v) is 10.1. The second kappa shape index (κ2) is 3.53. The normalized spacial score (nSPS) is 20.8. The van der Waals surface area contributed by atoms with Crippen LogP contribution in [0.5, 0.6) is 0 Å². The van der Waals surface area contributed by atoms with Gasteiger partial charge in [0.1, 0.15) is 11.6 Å². The van der Waals surface area contributed by atoms with E-state index >= 15 is 0 Å². The Hall–Kier alpha value is -1.42. The van der Waals surface area contributed by atoms with Crippen molar-refractivity contribution in [3.63, 3.8) is 0 Å². The van der Waals surface area contributed by atoms with Crippen LogP contribution in [0.15, 0.2) is 12.1 Å². The summed E-state index contributed by atoms with van der Waals surface area (Å²) in [4.78, 5) is 4.55. The molecule has 1 aromatic heterocycles. The summed E-state index contributed by atoms with van der Waals surface area (Å²) in [6.07, 6.45) is 1.73. The summed E-state index contributed by atoms with van der Waals surface area (Å²) in [6, 6.07) is 3.47. The Morgan fingerprint density at radius 2 is 2.29 bits per heavy atom. The molecule has 0 fully saturated rings. The van der Waals surface area contributed by atoms with Crippen molar-refractivity contribution in [2.45, 2.75) is 38.8 Å². The zero-order valence-electron chi connectivity index (χ0n) is 10.1. The van der Waals surface area contributed by atoms with Gasteiger partial charge < -0.3 is 10.3 Å². The Morgan fingerprint density at radius 3 is 3.00 bits per heavy atom. The molecule has 0 bridgehead atoms. The predicted octanol–water partition coefficient (Wildman–Crippen LogP) is 2.70. The molecule has 0 radical (unpaired) electrons. The molecule has 3 nitrogen and oxygen atoms in total. The lowest BCUT2D eigenvalue weighted by molar-refractivity contribution is 0.462. The molecule has 2 N–H and O–H groups in total. The minimum absolute atomic E-state index is 0.123. The molecule has 0 saturated heterocycles. The van der Waals surface area contributed by atoms with Gasteiger partial charge in [0.25, 0.3) is 0 Å². The van der Waals surface area contributed by atoms with Crippen LogP contribution in [0.25, 0.3) is 11.0 Å². The van der Waals surface area contributed by atoms with E-state index in [1.165, 1.54) is 6.07 Å². The van der Waals surface area contributed by atoms with Gasteiger partial charge in [-0.2, -0.15) is 0 Å². The van der Waals surface area contributed by atoms with Crippen LogP contribution in [0.2, 0.25) is 0 Å². The number of nitrogens with two attached hydrogens (primary N) is 1. The number of imidazole rings is 1. The van der Waals surface area contributed by atoms with Crippen LogP contribution in [0.1, 0.15) is 43.7 Å². The van der Waals surface area contributed by atoms with Gasteiger partial charge in [-0.05, 0) is 38.8 Å². The first kappa shape index (κ1) is 10.7. The van der Waals surface area contributed by atoms with Crippen LogP contribution in [-0.2, 0) is 6.42 Å². The highest BCUT2D eigenvalue weighted by atomic mass is 19.1. The van der Waals surface area contributed by atoms with Crippen LogP contribution in [0, 0.1) is 5.82 Å². The van der Waals surface area contributed by atoms with Gasteiger partial charge >= 0.3 is 0 Å². The quantitative estimate of drug-likeness (QED) is 0.823. The third-order valence-corrected chi connectivity index (χ3v) is 3.59. The number of nitrogens with zero attached hydrogens (tertiary/aromatic N) is 2. The van der Waals surface area contributed by atoms with E-state index in [9.17, 15) is 4.39 Å².